The van der Waals surface area contributed by atoms with Crippen LogP contribution in [0.25, 0.3) is 0 Å². The quantitative estimate of drug-likeness (QED) is 0.504. The zero-order valence-corrected chi connectivity index (χ0v) is 14.5. The maximum Gasteiger partial charge on any atom is 0.325 e. The van der Waals surface area contributed by atoms with Gasteiger partial charge in [-0.2, -0.15) is 0 Å². The molecule has 1 heterocycles. The molecule has 1 fully saturated rings. The van der Waals surface area contributed by atoms with Crippen LogP contribution in [0.4, 0.5) is 9.59 Å². The minimum atomic E-state index is -1.31. The van der Waals surface area contributed by atoms with E-state index in [2.05, 4.69) is 17.2 Å². The SMILES string of the molecule is C=CCNC(=O)NC(=O)CN1C(=O)N[C@](C)(c2ccc(OC)cc2)C1=O. The smallest absolute Gasteiger partial charge is 0.325 e. The first-order valence-electron chi connectivity index (χ1n) is 7.79. The van der Waals surface area contributed by atoms with Crippen LogP contribution in [0, 0.1) is 0 Å². The van der Waals surface area contributed by atoms with Crippen LogP contribution in [0.15, 0.2) is 36.9 Å². The van der Waals surface area contributed by atoms with Gasteiger partial charge < -0.3 is 15.4 Å². The molecule has 1 saturated heterocycles. The van der Waals surface area contributed by atoms with Crippen LogP contribution in [0.3, 0.4) is 0 Å². The number of benzene rings is 1. The van der Waals surface area contributed by atoms with E-state index in [0.29, 0.717) is 11.3 Å². The van der Waals surface area contributed by atoms with Gasteiger partial charge in [-0.05, 0) is 24.6 Å². The Hall–Kier alpha value is -3.36. The molecule has 1 aromatic rings. The molecule has 9 heteroatoms. The topological polar surface area (TPSA) is 117 Å². The van der Waals surface area contributed by atoms with Crippen LogP contribution in [0.5, 0.6) is 5.75 Å². The van der Waals surface area contributed by atoms with Crippen molar-refractivity contribution in [3.05, 3.63) is 42.5 Å². The summed E-state index contributed by atoms with van der Waals surface area (Å²) >= 11 is 0. The molecule has 1 aliphatic rings. The highest BCUT2D eigenvalue weighted by molar-refractivity contribution is 6.10. The number of ether oxygens (including phenoxy) is 1. The average Bonchev–Trinajstić information content (AvgIpc) is 2.84. The van der Waals surface area contributed by atoms with E-state index in [0.717, 1.165) is 4.90 Å². The summed E-state index contributed by atoms with van der Waals surface area (Å²) < 4.78 is 5.07. The summed E-state index contributed by atoms with van der Waals surface area (Å²) in [7, 11) is 1.52. The van der Waals surface area contributed by atoms with Gasteiger partial charge in [0.25, 0.3) is 5.91 Å². The van der Waals surface area contributed by atoms with Gasteiger partial charge in [-0.3, -0.25) is 19.8 Å². The molecule has 0 spiro atoms. The van der Waals surface area contributed by atoms with E-state index in [4.69, 9.17) is 4.74 Å². The fraction of sp³-hybridized carbons (Fsp3) is 0.294. The fourth-order valence-electron chi connectivity index (χ4n) is 2.48. The molecule has 26 heavy (non-hydrogen) atoms. The largest absolute Gasteiger partial charge is 0.497 e. The van der Waals surface area contributed by atoms with E-state index in [1.807, 2.05) is 5.32 Å². The summed E-state index contributed by atoms with van der Waals surface area (Å²) in [5.41, 5.74) is -0.766. The molecule has 3 N–H and O–H groups in total. The molecular formula is C17H20N4O5. The Balaban J connectivity index is 2.08. The van der Waals surface area contributed by atoms with E-state index >= 15 is 0 Å². The molecule has 138 valence electrons. The third-order valence-corrected chi connectivity index (χ3v) is 3.90. The Morgan fingerprint density at radius 2 is 1.96 bits per heavy atom. The molecule has 0 aliphatic carbocycles. The second-order valence-corrected chi connectivity index (χ2v) is 5.72. The first-order chi connectivity index (χ1) is 12.3. The summed E-state index contributed by atoms with van der Waals surface area (Å²) in [5, 5.41) is 6.98. The predicted molar refractivity (Wildman–Crippen MR) is 92.3 cm³/mol. The second kappa shape index (κ2) is 7.68. The van der Waals surface area contributed by atoms with Gasteiger partial charge in [0.15, 0.2) is 0 Å². The van der Waals surface area contributed by atoms with Gasteiger partial charge in [0.1, 0.15) is 17.8 Å². The van der Waals surface area contributed by atoms with Crippen LogP contribution in [0.1, 0.15) is 12.5 Å². The number of nitrogens with one attached hydrogen (secondary N) is 3. The number of amides is 6. The Bertz CT molecular complexity index is 746. The molecule has 2 rings (SSSR count). The molecule has 0 radical (unpaired) electrons. The van der Waals surface area contributed by atoms with Crippen LogP contribution >= 0.6 is 0 Å². The normalized spacial score (nSPS) is 18.9. The summed E-state index contributed by atoms with van der Waals surface area (Å²) in [6, 6.07) is 5.19. The number of hydrogen-bond donors (Lipinski definition) is 3. The predicted octanol–water partition coefficient (Wildman–Crippen LogP) is 0.474. The first-order valence-corrected chi connectivity index (χ1v) is 7.79. The van der Waals surface area contributed by atoms with Gasteiger partial charge in [-0.1, -0.05) is 18.2 Å². The molecule has 0 bridgehead atoms. The van der Waals surface area contributed by atoms with Crippen LogP contribution < -0.4 is 20.7 Å². The Labute approximate surface area is 150 Å². The minimum Gasteiger partial charge on any atom is -0.497 e. The first kappa shape index (κ1) is 19.0. The highest BCUT2D eigenvalue weighted by Gasteiger charge is 2.49. The molecule has 1 atom stereocenters. The number of nitrogens with zero attached hydrogens (tertiary/aromatic N) is 1. The van der Waals surface area contributed by atoms with Crippen molar-refractivity contribution in [3.63, 3.8) is 0 Å². The number of urea groups is 2. The van der Waals surface area contributed by atoms with Gasteiger partial charge in [0.2, 0.25) is 5.91 Å². The van der Waals surface area contributed by atoms with Gasteiger partial charge in [-0.25, -0.2) is 9.59 Å². The van der Waals surface area contributed by atoms with E-state index in [1.165, 1.54) is 13.2 Å². The van der Waals surface area contributed by atoms with Crippen molar-refractivity contribution in [2.24, 2.45) is 0 Å². The molecule has 0 aromatic heterocycles. The summed E-state index contributed by atoms with van der Waals surface area (Å²) in [6.07, 6.45) is 1.45. The molecule has 6 amide bonds. The zero-order valence-electron chi connectivity index (χ0n) is 14.5. The Kier molecular flexibility index (Phi) is 5.61. The van der Waals surface area contributed by atoms with Crippen molar-refractivity contribution in [2.75, 3.05) is 20.2 Å². The number of carbonyl (C=O) groups is 4. The van der Waals surface area contributed by atoms with E-state index in [-0.39, 0.29) is 6.54 Å². The van der Waals surface area contributed by atoms with Crippen molar-refractivity contribution < 1.29 is 23.9 Å². The summed E-state index contributed by atoms with van der Waals surface area (Å²) in [4.78, 5) is 49.0. The Morgan fingerprint density at radius 3 is 2.54 bits per heavy atom. The molecule has 9 nitrogen and oxygen atoms in total. The molecule has 0 saturated carbocycles. The van der Waals surface area contributed by atoms with Gasteiger partial charge in [0, 0.05) is 6.54 Å². The van der Waals surface area contributed by atoms with Gasteiger partial charge >= 0.3 is 12.1 Å². The van der Waals surface area contributed by atoms with Crippen molar-refractivity contribution in [1.82, 2.24) is 20.9 Å². The second-order valence-electron chi connectivity index (χ2n) is 5.72. The molecule has 1 aromatic carbocycles. The fourth-order valence-corrected chi connectivity index (χ4v) is 2.48. The minimum absolute atomic E-state index is 0.178. The van der Waals surface area contributed by atoms with Gasteiger partial charge in [0.05, 0.1) is 7.11 Å². The maximum atomic E-state index is 12.7. The van der Waals surface area contributed by atoms with Crippen molar-refractivity contribution in [2.45, 2.75) is 12.5 Å². The standard InChI is InChI=1S/C17H20N4O5/c1-4-9-18-15(24)19-13(22)10-21-14(23)17(2,20-16(21)25)11-5-7-12(26-3)8-6-11/h4-8H,1,9-10H2,2-3H3,(H,20,25)(H2,18,19,22,24)/t17-/m1/s1. The number of carbonyl (C=O) groups excluding carboxylic acids is 4. The van der Waals surface area contributed by atoms with Crippen molar-refractivity contribution in [3.8, 4) is 5.75 Å². The summed E-state index contributed by atoms with van der Waals surface area (Å²) in [5.74, 6) is -0.765. The van der Waals surface area contributed by atoms with Crippen LogP contribution in [0.2, 0.25) is 0 Å². The number of imide groups is 2. The number of rotatable bonds is 6. The highest BCUT2D eigenvalue weighted by atomic mass is 16.5. The lowest BCUT2D eigenvalue weighted by molar-refractivity contribution is -0.134. The molecular weight excluding hydrogens is 340 g/mol. The monoisotopic (exact) mass is 360 g/mol. The Morgan fingerprint density at radius 1 is 1.31 bits per heavy atom. The lowest BCUT2D eigenvalue weighted by Crippen LogP contribution is -2.46. The van der Waals surface area contributed by atoms with E-state index in [9.17, 15) is 19.2 Å². The highest BCUT2D eigenvalue weighted by Crippen LogP contribution is 2.29. The average molecular weight is 360 g/mol. The van der Waals surface area contributed by atoms with Crippen LogP contribution in [-0.4, -0.2) is 49.0 Å². The third kappa shape index (κ3) is 3.82. The van der Waals surface area contributed by atoms with Gasteiger partial charge in [-0.15, -0.1) is 6.58 Å². The lowest BCUT2D eigenvalue weighted by atomic mass is 9.92. The number of methoxy groups -OCH3 is 1. The zero-order chi connectivity index (χ0) is 19.3. The van der Waals surface area contributed by atoms with Crippen molar-refractivity contribution in [1.29, 1.82) is 0 Å². The third-order valence-electron chi connectivity index (χ3n) is 3.90. The molecule has 0 unspecified atom stereocenters. The number of hydrogen-bond acceptors (Lipinski definition) is 5. The molecule has 1 aliphatic heterocycles. The summed E-state index contributed by atoms with van der Waals surface area (Å²) in [6.45, 7) is 4.58. The van der Waals surface area contributed by atoms with Crippen LogP contribution in [-0.2, 0) is 15.1 Å². The van der Waals surface area contributed by atoms with Crippen molar-refractivity contribution >= 4 is 23.9 Å². The van der Waals surface area contributed by atoms with E-state index < -0.39 is 36.0 Å². The maximum absolute atomic E-state index is 12.7. The lowest BCUT2D eigenvalue weighted by Gasteiger charge is -2.22. The van der Waals surface area contributed by atoms with E-state index in [1.54, 1.807) is 31.2 Å².